The number of pyridine rings is 1. The van der Waals surface area contributed by atoms with Crippen LogP contribution in [0.2, 0.25) is 0 Å². The Bertz CT molecular complexity index is 956. The summed E-state index contributed by atoms with van der Waals surface area (Å²) in [5, 5.41) is 6.40. The van der Waals surface area contributed by atoms with E-state index in [0.29, 0.717) is 36.6 Å². The van der Waals surface area contributed by atoms with Gasteiger partial charge in [0.15, 0.2) is 5.96 Å². The second-order valence-electron chi connectivity index (χ2n) is 6.36. The zero-order chi connectivity index (χ0) is 20.6. The summed E-state index contributed by atoms with van der Waals surface area (Å²) in [5.74, 6) is 2.71. The predicted octanol–water partition coefficient (Wildman–Crippen LogP) is 4.49. The van der Waals surface area contributed by atoms with Crippen molar-refractivity contribution in [1.82, 2.24) is 20.6 Å². The van der Waals surface area contributed by atoms with Gasteiger partial charge >= 0.3 is 0 Å². The smallest absolute Gasteiger partial charge is 0.219 e. The van der Waals surface area contributed by atoms with Crippen molar-refractivity contribution in [2.75, 3.05) is 6.54 Å². The van der Waals surface area contributed by atoms with Crippen LogP contribution in [0, 0.1) is 19.7 Å². The first-order valence-corrected chi connectivity index (χ1v) is 9.37. The lowest BCUT2D eigenvalue weighted by atomic mass is 10.2. The molecule has 0 spiro atoms. The summed E-state index contributed by atoms with van der Waals surface area (Å²) >= 11 is 0. The molecule has 2 heterocycles. The van der Waals surface area contributed by atoms with Crippen molar-refractivity contribution in [2.45, 2.75) is 33.9 Å². The highest BCUT2D eigenvalue weighted by Crippen LogP contribution is 2.20. The minimum atomic E-state index is -0.313. The minimum Gasteiger partial charge on any atom is -0.444 e. The number of hydrogen-bond donors (Lipinski definition) is 2. The van der Waals surface area contributed by atoms with Gasteiger partial charge in [-0.1, -0.05) is 0 Å². The first-order chi connectivity index (χ1) is 14.0. The number of aromatic nitrogens is 2. The average Bonchev–Trinajstić information content (AvgIpc) is 3.04. The summed E-state index contributed by atoms with van der Waals surface area (Å²) in [6.45, 7) is 7.40. The van der Waals surface area contributed by atoms with Crippen molar-refractivity contribution in [3.8, 4) is 11.6 Å². The lowest BCUT2D eigenvalue weighted by Crippen LogP contribution is -2.36. The summed E-state index contributed by atoms with van der Waals surface area (Å²) in [4.78, 5) is 13.1. The molecule has 3 aromatic rings. The van der Waals surface area contributed by atoms with Gasteiger partial charge < -0.3 is 19.8 Å². The molecule has 0 fully saturated rings. The molecule has 0 atom stereocenters. The molecule has 2 N–H and O–H groups in total. The van der Waals surface area contributed by atoms with Gasteiger partial charge in [0, 0.05) is 18.8 Å². The highest BCUT2D eigenvalue weighted by Gasteiger charge is 2.07. The SMILES string of the molecule is CCNC(=NCc1ccnc(Oc2ccc(F)cc2)c1)NCc1nc(C)c(C)o1.I. The second kappa shape index (κ2) is 11.5. The Morgan fingerprint density at radius 2 is 1.93 bits per heavy atom. The zero-order valence-corrected chi connectivity index (χ0v) is 19.4. The van der Waals surface area contributed by atoms with Gasteiger partial charge in [-0.05, 0) is 56.7 Å². The van der Waals surface area contributed by atoms with E-state index in [1.54, 1.807) is 24.4 Å². The quantitative estimate of drug-likeness (QED) is 0.269. The van der Waals surface area contributed by atoms with E-state index in [0.717, 1.165) is 23.6 Å². The molecule has 0 unspecified atom stereocenters. The molecule has 30 heavy (non-hydrogen) atoms. The van der Waals surface area contributed by atoms with Crippen LogP contribution in [0.5, 0.6) is 11.6 Å². The van der Waals surface area contributed by atoms with Gasteiger partial charge in [-0.2, -0.15) is 0 Å². The third-order valence-electron chi connectivity index (χ3n) is 4.08. The van der Waals surface area contributed by atoms with Crippen LogP contribution in [-0.2, 0) is 13.1 Å². The molecule has 160 valence electrons. The first-order valence-electron chi connectivity index (χ1n) is 9.37. The van der Waals surface area contributed by atoms with Crippen LogP contribution in [-0.4, -0.2) is 22.5 Å². The molecule has 0 aliphatic carbocycles. The van der Waals surface area contributed by atoms with Crippen LogP contribution in [0.3, 0.4) is 0 Å². The highest BCUT2D eigenvalue weighted by atomic mass is 127. The van der Waals surface area contributed by atoms with E-state index in [1.807, 2.05) is 26.8 Å². The maximum absolute atomic E-state index is 13.0. The molecule has 9 heteroatoms. The van der Waals surface area contributed by atoms with Crippen molar-refractivity contribution < 1.29 is 13.5 Å². The molecule has 0 amide bonds. The summed E-state index contributed by atoms with van der Waals surface area (Å²) in [7, 11) is 0. The molecule has 3 rings (SSSR count). The van der Waals surface area contributed by atoms with E-state index in [2.05, 4.69) is 25.6 Å². The molecule has 0 bridgehead atoms. The monoisotopic (exact) mass is 525 g/mol. The van der Waals surface area contributed by atoms with Gasteiger partial charge in [0.1, 0.15) is 17.3 Å². The molecule has 1 aromatic carbocycles. The predicted molar refractivity (Wildman–Crippen MR) is 124 cm³/mol. The van der Waals surface area contributed by atoms with E-state index in [9.17, 15) is 4.39 Å². The van der Waals surface area contributed by atoms with Crippen molar-refractivity contribution in [3.63, 3.8) is 0 Å². The summed E-state index contributed by atoms with van der Waals surface area (Å²) < 4.78 is 24.3. The number of nitrogens with zero attached hydrogens (tertiary/aromatic N) is 3. The fourth-order valence-electron chi connectivity index (χ4n) is 2.51. The highest BCUT2D eigenvalue weighted by molar-refractivity contribution is 14.0. The Hall–Kier alpha value is -2.69. The number of guanidine groups is 1. The number of oxazole rings is 1. The Balaban J connectivity index is 0.00000320. The third kappa shape index (κ3) is 6.97. The largest absolute Gasteiger partial charge is 0.444 e. The number of hydrogen-bond acceptors (Lipinski definition) is 5. The standard InChI is InChI=1S/C21H24FN5O2.HI/c1-4-23-21(26-13-20-27-14(2)15(3)28-20)25-12-16-9-10-24-19(11-16)29-18-7-5-17(22)6-8-18;/h5-11H,4,12-13H2,1-3H3,(H2,23,25,26);1H. The Morgan fingerprint density at radius 1 is 1.17 bits per heavy atom. The second-order valence-corrected chi connectivity index (χ2v) is 6.36. The molecule has 0 aliphatic rings. The van der Waals surface area contributed by atoms with Crippen LogP contribution >= 0.6 is 24.0 Å². The number of halogens is 2. The topological polar surface area (TPSA) is 84.6 Å². The Morgan fingerprint density at radius 3 is 2.60 bits per heavy atom. The molecule has 0 aliphatic heterocycles. The fourth-order valence-corrected chi connectivity index (χ4v) is 2.51. The van der Waals surface area contributed by atoms with Crippen molar-refractivity contribution in [3.05, 3.63) is 71.3 Å². The summed E-state index contributed by atoms with van der Waals surface area (Å²) in [6.07, 6.45) is 1.66. The van der Waals surface area contributed by atoms with Crippen LogP contribution in [0.1, 0.15) is 29.8 Å². The Labute approximate surface area is 192 Å². The number of ether oxygens (including phenoxy) is 1. The Kier molecular flexibility index (Phi) is 9.03. The number of benzene rings is 1. The third-order valence-corrected chi connectivity index (χ3v) is 4.08. The summed E-state index contributed by atoms with van der Waals surface area (Å²) in [5.41, 5.74) is 1.81. The van der Waals surface area contributed by atoms with Gasteiger partial charge in [0.2, 0.25) is 11.8 Å². The number of aliphatic imine (C=N–C) groups is 1. The number of rotatable bonds is 7. The van der Waals surface area contributed by atoms with Gasteiger partial charge in [-0.3, -0.25) is 0 Å². The van der Waals surface area contributed by atoms with Crippen molar-refractivity contribution >= 4 is 29.9 Å². The maximum atomic E-state index is 13.0. The lowest BCUT2D eigenvalue weighted by Gasteiger charge is -2.10. The fraction of sp³-hybridized carbons (Fsp3) is 0.286. The minimum absolute atomic E-state index is 0. The van der Waals surface area contributed by atoms with Gasteiger partial charge in [-0.25, -0.2) is 19.4 Å². The first kappa shape index (κ1) is 23.6. The van der Waals surface area contributed by atoms with Gasteiger partial charge in [0.05, 0.1) is 18.8 Å². The number of nitrogens with one attached hydrogen (secondary N) is 2. The summed E-state index contributed by atoms with van der Waals surface area (Å²) in [6, 6.07) is 9.47. The van der Waals surface area contributed by atoms with Crippen molar-refractivity contribution in [2.24, 2.45) is 4.99 Å². The molecular weight excluding hydrogens is 500 g/mol. The maximum Gasteiger partial charge on any atom is 0.219 e. The zero-order valence-electron chi connectivity index (χ0n) is 17.1. The van der Waals surface area contributed by atoms with E-state index < -0.39 is 0 Å². The van der Waals surface area contributed by atoms with Crippen LogP contribution in [0.25, 0.3) is 0 Å². The van der Waals surface area contributed by atoms with Crippen LogP contribution < -0.4 is 15.4 Å². The van der Waals surface area contributed by atoms with E-state index in [4.69, 9.17) is 9.15 Å². The van der Waals surface area contributed by atoms with E-state index in [1.165, 1.54) is 12.1 Å². The van der Waals surface area contributed by atoms with Crippen LogP contribution in [0.15, 0.2) is 52.0 Å². The number of aryl methyl sites for hydroxylation is 2. The molecule has 0 saturated carbocycles. The normalized spacial score (nSPS) is 11.0. The molecule has 2 aromatic heterocycles. The average molecular weight is 525 g/mol. The van der Waals surface area contributed by atoms with E-state index in [-0.39, 0.29) is 29.8 Å². The van der Waals surface area contributed by atoms with Gasteiger partial charge in [0.25, 0.3) is 0 Å². The molecular formula is C21H25FIN5O2. The van der Waals surface area contributed by atoms with Crippen molar-refractivity contribution in [1.29, 1.82) is 0 Å². The molecule has 0 radical (unpaired) electrons. The van der Waals surface area contributed by atoms with E-state index >= 15 is 0 Å². The molecule has 7 nitrogen and oxygen atoms in total. The van der Waals surface area contributed by atoms with Gasteiger partial charge in [-0.15, -0.1) is 24.0 Å². The molecule has 0 saturated heterocycles. The van der Waals surface area contributed by atoms with Crippen LogP contribution in [0.4, 0.5) is 4.39 Å². The lowest BCUT2D eigenvalue weighted by molar-refractivity contribution is 0.460.